The topological polar surface area (TPSA) is 70.1 Å². The number of amides is 1. The van der Waals surface area contributed by atoms with Crippen LogP contribution in [0.2, 0.25) is 0 Å². The average Bonchev–Trinajstić information content (AvgIpc) is 3.39. The lowest BCUT2D eigenvalue weighted by Gasteiger charge is -2.22. The van der Waals surface area contributed by atoms with Gasteiger partial charge in [-0.1, -0.05) is 24.3 Å². The first-order valence-electron chi connectivity index (χ1n) is 10.2. The molecule has 0 radical (unpaired) electrons. The summed E-state index contributed by atoms with van der Waals surface area (Å²) in [5, 5.41) is 3.31. The number of carbonyl (C=O) groups is 1. The molecule has 2 aliphatic rings. The van der Waals surface area contributed by atoms with E-state index in [1.807, 2.05) is 48.2 Å². The van der Waals surface area contributed by atoms with Gasteiger partial charge >= 0.3 is 0 Å². The molecule has 1 aromatic heterocycles. The monoisotopic (exact) mass is 393 g/mol. The number of hydrogen-bond donors (Lipinski definition) is 1. The number of aromatic nitrogens is 1. The molecule has 0 aliphatic carbocycles. The lowest BCUT2D eigenvalue weighted by molar-refractivity contribution is -0.117. The fourth-order valence-electron chi connectivity index (χ4n) is 3.86. The highest BCUT2D eigenvalue weighted by Gasteiger charge is 2.28. The molecule has 1 aromatic carbocycles. The summed E-state index contributed by atoms with van der Waals surface area (Å²) >= 11 is 0. The lowest BCUT2D eigenvalue weighted by atomic mass is 10.2. The van der Waals surface area contributed by atoms with Crippen LogP contribution in [0, 0.1) is 0 Å². The molecule has 7 nitrogen and oxygen atoms in total. The van der Waals surface area contributed by atoms with Crippen molar-refractivity contribution in [2.45, 2.75) is 25.9 Å². The molecule has 29 heavy (non-hydrogen) atoms. The number of pyridine rings is 1. The number of hydrogen-bond acceptors (Lipinski definition) is 4. The fourth-order valence-corrected chi connectivity index (χ4v) is 3.86. The van der Waals surface area contributed by atoms with Gasteiger partial charge in [-0.2, -0.15) is 0 Å². The highest BCUT2D eigenvalue weighted by Crippen LogP contribution is 2.27. The van der Waals surface area contributed by atoms with Crippen molar-refractivity contribution >= 4 is 17.6 Å². The zero-order valence-electron chi connectivity index (χ0n) is 16.8. The number of likely N-dealkylation sites (tertiary alicyclic amines) is 1. The van der Waals surface area contributed by atoms with E-state index in [1.54, 1.807) is 6.20 Å². The quantitative estimate of drug-likeness (QED) is 0.622. The molecule has 1 fully saturated rings. The number of guanidine groups is 1. The Balaban J connectivity index is 1.37. The van der Waals surface area contributed by atoms with Crippen molar-refractivity contribution in [3.05, 3.63) is 54.2 Å². The van der Waals surface area contributed by atoms with E-state index in [0.29, 0.717) is 5.88 Å². The minimum Gasteiger partial charge on any atom is -0.472 e. The number of aliphatic imine (C=N–C) groups is 1. The number of fused-ring (bicyclic) bond motifs is 1. The van der Waals surface area contributed by atoms with Crippen molar-refractivity contribution in [2.24, 2.45) is 4.99 Å². The van der Waals surface area contributed by atoms with Crippen LogP contribution in [0.25, 0.3) is 0 Å². The highest BCUT2D eigenvalue weighted by atomic mass is 16.5. The fraction of sp³-hybridized carbons (Fsp3) is 0.409. The van der Waals surface area contributed by atoms with E-state index < -0.39 is 0 Å². The van der Waals surface area contributed by atoms with Crippen LogP contribution in [-0.2, 0) is 11.2 Å². The summed E-state index contributed by atoms with van der Waals surface area (Å²) in [6.07, 6.45) is 3.60. The summed E-state index contributed by atoms with van der Waals surface area (Å²) in [5.41, 5.74) is 2.24. The van der Waals surface area contributed by atoms with E-state index in [1.165, 1.54) is 5.56 Å². The lowest BCUT2D eigenvalue weighted by Crippen LogP contribution is -2.42. The van der Waals surface area contributed by atoms with Gasteiger partial charge in [0.05, 0.1) is 6.54 Å². The van der Waals surface area contributed by atoms with Gasteiger partial charge in [0.15, 0.2) is 5.96 Å². The Kier molecular flexibility index (Phi) is 5.93. The van der Waals surface area contributed by atoms with Crippen LogP contribution in [0.1, 0.15) is 18.9 Å². The number of anilines is 1. The minimum absolute atomic E-state index is 0.0332. The Labute approximate surface area is 171 Å². The van der Waals surface area contributed by atoms with Crippen molar-refractivity contribution in [3.8, 4) is 5.88 Å². The Morgan fingerprint density at radius 1 is 1.24 bits per heavy atom. The van der Waals surface area contributed by atoms with Gasteiger partial charge in [0.25, 0.3) is 0 Å². The van der Waals surface area contributed by atoms with Gasteiger partial charge in [0.2, 0.25) is 11.8 Å². The molecule has 0 spiro atoms. The first-order chi connectivity index (χ1) is 14.2. The number of rotatable bonds is 5. The molecule has 152 valence electrons. The molecule has 1 amide bonds. The van der Waals surface area contributed by atoms with Gasteiger partial charge in [-0.05, 0) is 31.0 Å². The molecule has 1 saturated heterocycles. The van der Waals surface area contributed by atoms with Crippen molar-refractivity contribution in [3.63, 3.8) is 0 Å². The second-order valence-electron chi connectivity index (χ2n) is 7.24. The van der Waals surface area contributed by atoms with Crippen molar-refractivity contribution in [1.29, 1.82) is 0 Å². The van der Waals surface area contributed by atoms with E-state index in [4.69, 9.17) is 4.74 Å². The third-order valence-corrected chi connectivity index (χ3v) is 5.26. The maximum Gasteiger partial charge on any atom is 0.248 e. The summed E-state index contributed by atoms with van der Waals surface area (Å²) in [7, 11) is 0. The van der Waals surface area contributed by atoms with Crippen LogP contribution in [0.15, 0.2) is 53.7 Å². The van der Waals surface area contributed by atoms with E-state index >= 15 is 0 Å². The average molecular weight is 393 g/mol. The van der Waals surface area contributed by atoms with Crippen LogP contribution in [0.5, 0.6) is 5.88 Å². The van der Waals surface area contributed by atoms with E-state index in [-0.39, 0.29) is 18.6 Å². The molecule has 1 atom stereocenters. The van der Waals surface area contributed by atoms with Crippen LogP contribution in [0.3, 0.4) is 0 Å². The van der Waals surface area contributed by atoms with Crippen LogP contribution >= 0.6 is 0 Å². The predicted molar refractivity (Wildman–Crippen MR) is 113 cm³/mol. The number of para-hydroxylation sites is 1. The minimum atomic E-state index is 0.0332. The number of benzene rings is 1. The van der Waals surface area contributed by atoms with Gasteiger partial charge < -0.3 is 19.9 Å². The molecular formula is C22H27N5O2. The summed E-state index contributed by atoms with van der Waals surface area (Å²) in [4.78, 5) is 25.6. The second kappa shape index (κ2) is 8.94. The Morgan fingerprint density at radius 2 is 2.10 bits per heavy atom. The van der Waals surface area contributed by atoms with Gasteiger partial charge in [-0.15, -0.1) is 0 Å². The smallest absolute Gasteiger partial charge is 0.248 e. The SMILES string of the molecule is CCNC(=NCC(=O)N1CCc2ccccc21)N1CCC(Oc2ccccn2)C1. The van der Waals surface area contributed by atoms with E-state index in [9.17, 15) is 4.79 Å². The third-order valence-electron chi connectivity index (χ3n) is 5.26. The van der Waals surface area contributed by atoms with Gasteiger partial charge in [-0.3, -0.25) is 4.79 Å². The first kappa shape index (κ1) is 19.2. The molecule has 1 unspecified atom stereocenters. The molecule has 4 rings (SSSR count). The van der Waals surface area contributed by atoms with Crippen LogP contribution in [-0.4, -0.2) is 60.6 Å². The molecule has 3 heterocycles. The number of nitrogens with one attached hydrogen (secondary N) is 1. The number of ether oxygens (including phenoxy) is 1. The van der Waals surface area contributed by atoms with Gasteiger partial charge in [-0.25, -0.2) is 9.98 Å². The molecule has 7 heteroatoms. The van der Waals surface area contributed by atoms with Crippen LogP contribution < -0.4 is 15.0 Å². The van der Waals surface area contributed by atoms with Crippen LogP contribution in [0.4, 0.5) is 5.69 Å². The summed E-state index contributed by atoms with van der Waals surface area (Å²) < 4.78 is 5.97. The molecular weight excluding hydrogens is 366 g/mol. The largest absolute Gasteiger partial charge is 0.472 e. The second-order valence-corrected chi connectivity index (χ2v) is 7.24. The standard InChI is InChI=1S/C22H27N5O2/c1-2-23-22(26-13-11-18(16-26)29-20-9-5-6-12-24-20)25-15-21(28)27-14-10-17-7-3-4-8-19(17)27/h3-9,12,18H,2,10-11,13-16H2,1H3,(H,23,25). The molecule has 1 N–H and O–H groups in total. The normalized spacial score (nSPS) is 18.7. The van der Waals surface area contributed by atoms with Crippen molar-refractivity contribution < 1.29 is 9.53 Å². The number of nitrogens with zero attached hydrogens (tertiary/aromatic N) is 4. The number of carbonyl (C=O) groups excluding carboxylic acids is 1. The molecule has 0 bridgehead atoms. The molecule has 2 aromatic rings. The Bertz CT molecular complexity index is 871. The predicted octanol–water partition coefficient (Wildman–Crippen LogP) is 2.09. The van der Waals surface area contributed by atoms with E-state index in [0.717, 1.165) is 50.7 Å². The summed E-state index contributed by atoms with van der Waals surface area (Å²) in [6.45, 7) is 5.22. The zero-order valence-corrected chi connectivity index (χ0v) is 16.8. The summed E-state index contributed by atoms with van der Waals surface area (Å²) in [5.74, 6) is 1.44. The van der Waals surface area contributed by atoms with E-state index in [2.05, 4.69) is 26.3 Å². The Morgan fingerprint density at radius 3 is 2.93 bits per heavy atom. The van der Waals surface area contributed by atoms with Gasteiger partial charge in [0, 0.05) is 44.0 Å². The first-order valence-corrected chi connectivity index (χ1v) is 10.2. The maximum absolute atomic E-state index is 12.8. The van der Waals surface area contributed by atoms with Gasteiger partial charge in [0.1, 0.15) is 12.6 Å². The maximum atomic E-state index is 12.8. The zero-order chi connectivity index (χ0) is 20.1. The molecule has 0 saturated carbocycles. The third kappa shape index (κ3) is 4.50. The van der Waals surface area contributed by atoms with Crippen molar-refractivity contribution in [2.75, 3.05) is 37.6 Å². The van der Waals surface area contributed by atoms with Crippen molar-refractivity contribution in [1.82, 2.24) is 15.2 Å². The molecule has 2 aliphatic heterocycles. The summed E-state index contributed by atoms with van der Waals surface area (Å²) in [6, 6.07) is 13.8. The Hall–Kier alpha value is -3.09. The highest BCUT2D eigenvalue weighted by molar-refractivity contribution is 5.98.